The van der Waals surface area contributed by atoms with Crippen molar-refractivity contribution in [1.82, 2.24) is 14.8 Å². The van der Waals surface area contributed by atoms with Gasteiger partial charge in [0.05, 0.1) is 0 Å². The van der Waals surface area contributed by atoms with E-state index in [1.54, 1.807) is 17.9 Å². The number of ketones is 1. The van der Waals surface area contributed by atoms with Crippen LogP contribution in [0.1, 0.15) is 35.6 Å². The summed E-state index contributed by atoms with van der Waals surface area (Å²) in [4.78, 5) is 29.6. The molecule has 1 aromatic carbocycles. The van der Waals surface area contributed by atoms with Crippen LogP contribution in [0, 0.1) is 11.3 Å². The van der Waals surface area contributed by atoms with Gasteiger partial charge in [-0.25, -0.2) is 9.67 Å². The van der Waals surface area contributed by atoms with Crippen molar-refractivity contribution in [3.05, 3.63) is 41.5 Å². The molecule has 23 heavy (non-hydrogen) atoms. The largest absolute Gasteiger partial charge is 0.309 e. The Bertz CT molecular complexity index is 833. The number of nitrogens with zero attached hydrogens (tertiary/aromatic N) is 5. The van der Waals surface area contributed by atoms with E-state index >= 15 is 0 Å². The average Bonchev–Trinajstić information content (AvgIpc) is 3.08. The third-order valence-corrected chi connectivity index (χ3v) is 3.90. The lowest BCUT2D eigenvalue weighted by Crippen LogP contribution is -2.33. The molecule has 1 aliphatic rings. The molecule has 0 bridgehead atoms. The predicted molar refractivity (Wildman–Crippen MR) is 81.8 cm³/mol. The molecule has 1 amide bonds. The topological polar surface area (TPSA) is 91.9 Å². The van der Waals surface area contributed by atoms with Gasteiger partial charge in [0.15, 0.2) is 5.78 Å². The quantitative estimate of drug-likeness (QED) is 0.798. The number of hydrogen-bond acceptors (Lipinski definition) is 5. The number of rotatable bonds is 3. The molecule has 0 fully saturated rings. The molecule has 2 heterocycles. The summed E-state index contributed by atoms with van der Waals surface area (Å²) in [6.45, 7) is 3.56. The maximum Gasteiger partial charge on any atom is 0.252 e. The fraction of sp³-hybridized carbons (Fsp3) is 0.312. The number of amides is 1. The van der Waals surface area contributed by atoms with E-state index in [9.17, 15) is 9.59 Å². The predicted octanol–water partition coefficient (Wildman–Crippen LogP) is 1.33. The van der Waals surface area contributed by atoms with Crippen LogP contribution in [0.3, 0.4) is 0 Å². The monoisotopic (exact) mass is 309 g/mol. The van der Waals surface area contributed by atoms with Crippen molar-refractivity contribution in [3.63, 3.8) is 0 Å². The van der Waals surface area contributed by atoms with Gasteiger partial charge in [-0.2, -0.15) is 5.26 Å². The Hall–Kier alpha value is -3.01. The van der Waals surface area contributed by atoms with Gasteiger partial charge in [0, 0.05) is 24.2 Å². The minimum Gasteiger partial charge on any atom is -0.309 e. The van der Waals surface area contributed by atoms with Crippen molar-refractivity contribution in [2.24, 2.45) is 0 Å². The second-order valence-electron chi connectivity index (χ2n) is 5.59. The standard InChI is InChI=1S/C16H15N5O2/c1-10-5-13-6-12(3-4-14(13)21(10)11(2)22)15(23)8-20-9-18-16(7-17)19-20/h3-4,6,9-10H,5,8H2,1-2H3/t10-/m0/s1. The fourth-order valence-corrected chi connectivity index (χ4v) is 2.94. The number of nitriles is 1. The van der Waals surface area contributed by atoms with E-state index in [4.69, 9.17) is 5.26 Å². The van der Waals surface area contributed by atoms with Crippen molar-refractivity contribution in [2.75, 3.05) is 4.90 Å². The number of carbonyl (C=O) groups excluding carboxylic acids is 2. The molecule has 7 heteroatoms. The number of anilines is 1. The molecule has 0 unspecified atom stereocenters. The summed E-state index contributed by atoms with van der Waals surface area (Å²) < 4.78 is 1.35. The first-order valence-electron chi connectivity index (χ1n) is 7.25. The van der Waals surface area contributed by atoms with Gasteiger partial charge in [-0.1, -0.05) is 0 Å². The molecule has 116 valence electrons. The van der Waals surface area contributed by atoms with Gasteiger partial charge < -0.3 is 4.90 Å². The number of fused-ring (bicyclic) bond motifs is 1. The summed E-state index contributed by atoms with van der Waals surface area (Å²) >= 11 is 0. The van der Waals surface area contributed by atoms with Gasteiger partial charge in [0.1, 0.15) is 18.9 Å². The van der Waals surface area contributed by atoms with E-state index in [-0.39, 0.29) is 30.1 Å². The second-order valence-corrected chi connectivity index (χ2v) is 5.59. The van der Waals surface area contributed by atoms with Crippen LogP contribution in [0.4, 0.5) is 5.69 Å². The third kappa shape index (κ3) is 2.71. The summed E-state index contributed by atoms with van der Waals surface area (Å²) in [6.07, 6.45) is 2.10. The number of carbonyl (C=O) groups is 2. The van der Waals surface area contributed by atoms with Crippen LogP contribution in [0.5, 0.6) is 0 Å². The summed E-state index contributed by atoms with van der Waals surface area (Å²) in [5.41, 5.74) is 2.43. The van der Waals surface area contributed by atoms with Crippen LogP contribution in [0.25, 0.3) is 0 Å². The molecule has 1 aliphatic heterocycles. The zero-order valence-corrected chi connectivity index (χ0v) is 12.9. The Morgan fingerprint density at radius 1 is 1.43 bits per heavy atom. The van der Waals surface area contributed by atoms with Gasteiger partial charge >= 0.3 is 0 Å². The fourth-order valence-electron chi connectivity index (χ4n) is 2.94. The second kappa shape index (κ2) is 5.65. The summed E-state index contributed by atoms with van der Waals surface area (Å²) in [6, 6.07) is 7.29. The zero-order chi connectivity index (χ0) is 16.6. The maximum absolute atomic E-state index is 12.4. The first-order valence-corrected chi connectivity index (χ1v) is 7.25. The smallest absolute Gasteiger partial charge is 0.252 e. The van der Waals surface area contributed by atoms with Gasteiger partial charge in [-0.05, 0) is 37.1 Å². The van der Waals surface area contributed by atoms with Crippen molar-refractivity contribution >= 4 is 17.4 Å². The molecule has 0 saturated carbocycles. The minimum atomic E-state index is -0.115. The molecule has 0 N–H and O–H groups in total. The van der Waals surface area contributed by atoms with Crippen LogP contribution >= 0.6 is 0 Å². The lowest BCUT2D eigenvalue weighted by molar-refractivity contribution is -0.116. The maximum atomic E-state index is 12.4. The first-order chi connectivity index (χ1) is 11.0. The van der Waals surface area contributed by atoms with E-state index in [1.807, 2.05) is 25.1 Å². The van der Waals surface area contributed by atoms with Gasteiger partial charge in [0.2, 0.25) is 5.91 Å². The summed E-state index contributed by atoms with van der Waals surface area (Å²) in [7, 11) is 0. The molecule has 0 saturated heterocycles. The highest BCUT2D eigenvalue weighted by molar-refractivity contribution is 5.99. The highest BCUT2D eigenvalue weighted by Crippen LogP contribution is 2.33. The normalized spacial score (nSPS) is 16.0. The van der Waals surface area contributed by atoms with Crippen LogP contribution in [0.2, 0.25) is 0 Å². The summed E-state index contributed by atoms with van der Waals surface area (Å²) in [5.74, 6) is -0.0734. The molecule has 3 rings (SSSR count). The highest BCUT2D eigenvalue weighted by atomic mass is 16.2. The van der Waals surface area contributed by atoms with E-state index in [1.165, 1.54) is 11.0 Å². The number of Topliss-reactive ketones (excluding diaryl/α,β-unsaturated/α-hetero) is 1. The van der Waals surface area contributed by atoms with Crippen LogP contribution < -0.4 is 4.90 Å². The molecule has 0 radical (unpaired) electrons. The Labute approximate surface area is 133 Å². The molecule has 0 spiro atoms. The van der Waals surface area contributed by atoms with Gasteiger partial charge in [-0.15, -0.1) is 5.10 Å². The third-order valence-electron chi connectivity index (χ3n) is 3.90. The Balaban J connectivity index is 1.82. The molecule has 1 atom stereocenters. The van der Waals surface area contributed by atoms with Crippen LogP contribution in [-0.4, -0.2) is 32.5 Å². The van der Waals surface area contributed by atoms with Crippen molar-refractivity contribution in [2.45, 2.75) is 32.9 Å². The lowest BCUT2D eigenvalue weighted by atomic mass is 10.0. The average molecular weight is 309 g/mol. The Morgan fingerprint density at radius 3 is 2.87 bits per heavy atom. The van der Waals surface area contributed by atoms with Crippen molar-refractivity contribution < 1.29 is 9.59 Å². The zero-order valence-electron chi connectivity index (χ0n) is 12.9. The molecule has 7 nitrogen and oxygen atoms in total. The van der Waals surface area contributed by atoms with E-state index in [2.05, 4.69) is 10.1 Å². The number of benzene rings is 1. The van der Waals surface area contributed by atoms with E-state index in [0.29, 0.717) is 5.56 Å². The van der Waals surface area contributed by atoms with Gasteiger partial charge in [-0.3, -0.25) is 9.59 Å². The van der Waals surface area contributed by atoms with E-state index in [0.717, 1.165) is 17.7 Å². The minimum absolute atomic E-state index is 0.00183. The molecule has 1 aromatic heterocycles. The molecule has 0 aliphatic carbocycles. The van der Waals surface area contributed by atoms with Gasteiger partial charge in [0.25, 0.3) is 5.82 Å². The summed E-state index contributed by atoms with van der Waals surface area (Å²) in [5, 5.41) is 12.6. The molecular weight excluding hydrogens is 294 g/mol. The SMILES string of the molecule is CC(=O)N1c2ccc(C(=O)Cn3cnc(C#N)n3)cc2C[C@@H]1C. The highest BCUT2D eigenvalue weighted by Gasteiger charge is 2.29. The molecular formula is C16H15N5O2. The first kappa shape index (κ1) is 14.9. The van der Waals surface area contributed by atoms with Crippen LogP contribution in [-0.2, 0) is 17.8 Å². The number of hydrogen-bond donors (Lipinski definition) is 0. The Kier molecular flexibility index (Phi) is 3.66. The van der Waals surface area contributed by atoms with Crippen LogP contribution in [0.15, 0.2) is 24.5 Å². The molecule has 2 aromatic rings. The Morgan fingerprint density at radius 2 is 2.22 bits per heavy atom. The number of aromatic nitrogens is 3. The van der Waals surface area contributed by atoms with E-state index < -0.39 is 0 Å². The lowest BCUT2D eigenvalue weighted by Gasteiger charge is -2.20. The van der Waals surface area contributed by atoms with Crippen molar-refractivity contribution in [3.8, 4) is 6.07 Å². The van der Waals surface area contributed by atoms with Crippen molar-refractivity contribution in [1.29, 1.82) is 5.26 Å².